The van der Waals surface area contributed by atoms with E-state index in [9.17, 15) is 9.59 Å². The average molecular weight is 356 g/mol. The van der Waals surface area contributed by atoms with Crippen molar-refractivity contribution in [2.75, 3.05) is 40.1 Å². The first-order valence-corrected chi connectivity index (χ1v) is 8.45. The molecule has 1 unspecified atom stereocenters. The van der Waals surface area contributed by atoms with Crippen LogP contribution in [0, 0.1) is 0 Å². The zero-order valence-electron chi connectivity index (χ0n) is 15.7. The molecule has 0 saturated heterocycles. The van der Waals surface area contributed by atoms with Gasteiger partial charge >= 0.3 is 0 Å². The monoisotopic (exact) mass is 356 g/mol. The Labute approximate surface area is 154 Å². The quantitative estimate of drug-likeness (QED) is 0.780. The third-order valence-electron chi connectivity index (χ3n) is 3.95. The van der Waals surface area contributed by atoms with Crippen molar-refractivity contribution in [1.29, 1.82) is 0 Å². The topological polar surface area (TPSA) is 63.1 Å². The lowest BCUT2D eigenvalue weighted by atomic mass is 10.2. The molecule has 6 nitrogen and oxygen atoms in total. The number of amides is 2. The molecule has 2 aromatic carbocycles. The highest BCUT2D eigenvalue weighted by atomic mass is 16.5. The number of carbonyl (C=O) groups excluding carboxylic acids is 2. The van der Waals surface area contributed by atoms with Crippen molar-refractivity contribution in [3.05, 3.63) is 59.7 Å². The van der Waals surface area contributed by atoms with Gasteiger partial charge in [0.1, 0.15) is 12.3 Å². The predicted octanol–water partition coefficient (Wildman–Crippen LogP) is 1.05. The molecule has 26 heavy (non-hydrogen) atoms. The van der Waals surface area contributed by atoms with Gasteiger partial charge in [-0.3, -0.25) is 9.59 Å². The number of rotatable bonds is 7. The van der Waals surface area contributed by atoms with Crippen LogP contribution < -0.4 is 15.0 Å². The number of likely N-dealkylation sites (N-methyl/N-ethyl adjacent to an activating group) is 1. The first-order valence-electron chi connectivity index (χ1n) is 8.45. The van der Waals surface area contributed by atoms with Gasteiger partial charge in [0.2, 0.25) is 0 Å². The molecule has 0 fully saturated rings. The van der Waals surface area contributed by atoms with Crippen LogP contribution in [0.4, 0.5) is 5.69 Å². The lowest BCUT2D eigenvalue weighted by Crippen LogP contribution is -3.08. The Morgan fingerprint density at radius 1 is 1.04 bits per heavy atom. The van der Waals surface area contributed by atoms with Crippen LogP contribution >= 0.6 is 0 Å². The van der Waals surface area contributed by atoms with Crippen molar-refractivity contribution in [3.8, 4) is 5.75 Å². The summed E-state index contributed by atoms with van der Waals surface area (Å²) in [6.07, 6.45) is 0. The number of quaternary nitrogens is 1. The molecule has 0 heterocycles. The summed E-state index contributed by atoms with van der Waals surface area (Å²) >= 11 is 0. The van der Waals surface area contributed by atoms with Crippen molar-refractivity contribution >= 4 is 17.5 Å². The van der Waals surface area contributed by atoms with Crippen LogP contribution in [0.15, 0.2) is 48.5 Å². The third-order valence-corrected chi connectivity index (χ3v) is 3.95. The average Bonchev–Trinajstić information content (AvgIpc) is 2.62. The van der Waals surface area contributed by atoms with Crippen LogP contribution in [0.5, 0.6) is 5.75 Å². The molecule has 0 bridgehead atoms. The minimum Gasteiger partial charge on any atom is -0.497 e. The molecule has 1 atom stereocenters. The fourth-order valence-corrected chi connectivity index (χ4v) is 2.59. The second-order valence-corrected chi connectivity index (χ2v) is 6.48. The van der Waals surface area contributed by atoms with Gasteiger partial charge in [-0.2, -0.15) is 0 Å². The Morgan fingerprint density at radius 3 is 2.19 bits per heavy atom. The standard InChI is InChI=1S/C20H25N3O3/c1-22(2)20(25)16-7-9-17(10-8-16)21-19(24)14-23(3)13-15-5-11-18(26-4)12-6-15/h5-12H,13-14H2,1-4H3,(H,21,24)/p+1. The number of carbonyl (C=O) groups is 2. The Balaban J connectivity index is 1.86. The van der Waals surface area contributed by atoms with E-state index in [0.29, 0.717) is 17.8 Å². The van der Waals surface area contributed by atoms with Crippen LogP contribution in [0.2, 0.25) is 0 Å². The highest BCUT2D eigenvalue weighted by molar-refractivity contribution is 5.95. The first-order chi connectivity index (χ1) is 12.4. The SMILES string of the molecule is COc1ccc(C[NH+](C)CC(=O)Nc2ccc(C(=O)N(C)C)cc2)cc1. The number of hydrogen-bond donors (Lipinski definition) is 2. The van der Waals surface area contributed by atoms with E-state index < -0.39 is 0 Å². The maximum Gasteiger partial charge on any atom is 0.279 e. The summed E-state index contributed by atoms with van der Waals surface area (Å²) < 4.78 is 5.15. The number of nitrogens with zero attached hydrogens (tertiary/aromatic N) is 1. The lowest BCUT2D eigenvalue weighted by molar-refractivity contribution is -0.885. The number of anilines is 1. The minimum absolute atomic E-state index is 0.0634. The van der Waals surface area contributed by atoms with Gasteiger partial charge in [0.25, 0.3) is 11.8 Å². The van der Waals surface area contributed by atoms with Gasteiger partial charge in [-0.05, 0) is 48.5 Å². The molecule has 2 rings (SSSR count). The number of ether oxygens (including phenoxy) is 1. The smallest absolute Gasteiger partial charge is 0.279 e. The van der Waals surface area contributed by atoms with Gasteiger partial charge in [-0.1, -0.05) is 0 Å². The van der Waals surface area contributed by atoms with Gasteiger partial charge < -0.3 is 19.9 Å². The Bertz CT molecular complexity index is 740. The molecular weight excluding hydrogens is 330 g/mol. The van der Waals surface area contributed by atoms with E-state index in [1.54, 1.807) is 45.5 Å². The molecule has 0 aromatic heterocycles. The van der Waals surface area contributed by atoms with Gasteiger partial charge in [-0.25, -0.2) is 0 Å². The van der Waals surface area contributed by atoms with E-state index in [2.05, 4.69) is 5.32 Å². The van der Waals surface area contributed by atoms with Crippen molar-refractivity contribution in [2.24, 2.45) is 0 Å². The molecule has 2 N–H and O–H groups in total. The lowest BCUT2D eigenvalue weighted by Gasteiger charge is -2.14. The maximum atomic E-state index is 12.2. The van der Waals surface area contributed by atoms with Crippen LogP contribution in [-0.4, -0.2) is 51.5 Å². The van der Waals surface area contributed by atoms with Crippen molar-refractivity contribution in [1.82, 2.24) is 4.90 Å². The van der Waals surface area contributed by atoms with Crippen LogP contribution in [0.1, 0.15) is 15.9 Å². The molecule has 0 saturated carbocycles. The van der Waals surface area contributed by atoms with Crippen molar-refractivity contribution < 1.29 is 19.2 Å². The second kappa shape index (κ2) is 9.01. The van der Waals surface area contributed by atoms with E-state index in [1.165, 1.54) is 4.90 Å². The van der Waals surface area contributed by atoms with Gasteiger partial charge in [-0.15, -0.1) is 0 Å². The predicted molar refractivity (Wildman–Crippen MR) is 102 cm³/mol. The van der Waals surface area contributed by atoms with E-state index in [-0.39, 0.29) is 11.8 Å². The summed E-state index contributed by atoms with van der Waals surface area (Å²) in [5.74, 6) is 0.689. The summed E-state index contributed by atoms with van der Waals surface area (Å²) in [6, 6.07) is 14.7. The van der Waals surface area contributed by atoms with Gasteiger partial charge in [0, 0.05) is 30.9 Å². The summed E-state index contributed by atoms with van der Waals surface area (Å²) in [5, 5.41) is 2.87. The zero-order chi connectivity index (χ0) is 19.1. The highest BCUT2D eigenvalue weighted by Crippen LogP contribution is 2.11. The van der Waals surface area contributed by atoms with E-state index >= 15 is 0 Å². The molecule has 138 valence electrons. The summed E-state index contributed by atoms with van der Waals surface area (Å²) in [5.41, 5.74) is 2.42. The molecule has 0 aliphatic heterocycles. The molecule has 2 amide bonds. The largest absolute Gasteiger partial charge is 0.497 e. The Hall–Kier alpha value is -2.86. The zero-order valence-corrected chi connectivity index (χ0v) is 15.7. The summed E-state index contributed by atoms with van der Waals surface area (Å²) in [4.78, 5) is 26.7. The molecule has 0 aliphatic rings. The second-order valence-electron chi connectivity index (χ2n) is 6.48. The molecular formula is C20H26N3O3+. The Morgan fingerprint density at radius 2 is 1.65 bits per heavy atom. The molecule has 0 spiro atoms. The van der Waals surface area contributed by atoms with E-state index in [0.717, 1.165) is 22.8 Å². The molecule has 0 radical (unpaired) electrons. The van der Waals surface area contributed by atoms with Crippen molar-refractivity contribution in [2.45, 2.75) is 6.54 Å². The molecule has 6 heteroatoms. The fraction of sp³-hybridized carbons (Fsp3) is 0.300. The van der Waals surface area contributed by atoms with Crippen LogP contribution in [0.3, 0.4) is 0 Å². The van der Waals surface area contributed by atoms with E-state index in [1.807, 2.05) is 31.3 Å². The summed E-state index contributed by atoms with van der Waals surface area (Å²) in [7, 11) is 7.03. The van der Waals surface area contributed by atoms with Gasteiger partial charge in [0.05, 0.1) is 14.2 Å². The van der Waals surface area contributed by atoms with Crippen LogP contribution in [-0.2, 0) is 11.3 Å². The summed E-state index contributed by atoms with van der Waals surface area (Å²) in [6.45, 7) is 1.10. The Kier molecular flexibility index (Phi) is 6.74. The highest BCUT2D eigenvalue weighted by Gasteiger charge is 2.12. The fourth-order valence-electron chi connectivity index (χ4n) is 2.59. The number of nitrogens with one attached hydrogen (secondary N) is 2. The molecule has 0 aliphatic carbocycles. The van der Waals surface area contributed by atoms with E-state index in [4.69, 9.17) is 4.74 Å². The number of hydrogen-bond acceptors (Lipinski definition) is 3. The van der Waals surface area contributed by atoms with Gasteiger partial charge in [0.15, 0.2) is 6.54 Å². The number of benzene rings is 2. The normalized spacial score (nSPS) is 11.5. The van der Waals surface area contributed by atoms with Crippen LogP contribution in [0.25, 0.3) is 0 Å². The third kappa shape index (κ3) is 5.60. The minimum atomic E-state index is -0.0669. The maximum absolute atomic E-state index is 12.2. The number of methoxy groups -OCH3 is 1. The first kappa shape index (κ1) is 19.5. The van der Waals surface area contributed by atoms with Crippen molar-refractivity contribution in [3.63, 3.8) is 0 Å². The molecule has 2 aromatic rings.